The Labute approximate surface area is 211 Å². The van der Waals surface area contributed by atoms with Crippen LogP contribution in [0.25, 0.3) is 0 Å². The molecule has 0 spiro atoms. The molecule has 5 rings (SSSR count). The van der Waals surface area contributed by atoms with Crippen LogP contribution in [0, 0.1) is 5.92 Å². The van der Waals surface area contributed by atoms with Crippen molar-refractivity contribution in [1.82, 2.24) is 24.8 Å². The molecule has 1 amide bonds. The fourth-order valence-electron chi connectivity index (χ4n) is 6.36. The number of carbonyl (C=O) groups excluding carboxylic acids is 1. The van der Waals surface area contributed by atoms with E-state index in [4.69, 9.17) is 4.52 Å². The highest BCUT2D eigenvalue weighted by atomic mass is 19.3. The number of piperidine rings is 1. The minimum Gasteiger partial charge on any atom is -0.343 e. The number of nitrogens with zero attached hydrogens (tertiary/aromatic N) is 5. The maximum absolute atomic E-state index is 15.2. The van der Waals surface area contributed by atoms with E-state index >= 15 is 8.78 Å². The van der Waals surface area contributed by atoms with E-state index in [1.165, 1.54) is 0 Å². The molecule has 0 bridgehead atoms. The van der Waals surface area contributed by atoms with Gasteiger partial charge in [-0.05, 0) is 46.0 Å². The molecule has 0 unspecified atom stereocenters. The summed E-state index contributed by atoms with van der Waals surface area (Å²) in [6.07, 6.45) is 1.79. The Kier molecular flexibility index (Phi) is 7.13. The lowest BCUT2D eigenvalue weighted by molar-refractivity contribution is -0.151. The SMILES string of the molecule is CC(C)N1CCN([C@@H]2CCCC(F)(F)[C@H]2CC(=O)N2CCC(C)(c3noc([C@H]4C[C@H]4F)n3)CC2)CC1. The van der Waals surface area contributed by atoms with Gasteiger partial charge in [0.2, 0.25) is 11.8 Å². The average molecular weight is 512 g/mol. The Bertz CT molecular complexity index is 924. The molecule has 2 saturated heterocycles. The van der Waals surface area contributed by atoms with E-state index in [0.717, 1.165) is 32.6 Å². The monoisotopic (exact) mass is 511 g/mol. The Hall–Kier alpha value is -1.68. The third-order valence-corrected chi connectivity index (χ3v) is 9.19. The Morgan fingerprint density at radius 2 is 1.78 bits per heavy atom. The van der Waals surface area contributed by atoms with Gasteiger partial charge in [0.15, 0.2) is 5.82 Å². The van der Waals surface area contributed by atoms with Gasteiger partial charge in [-0.15, -0.1) is 0 Å². The number of rotatable bonds is 6. The van der Waals surface area contributed by atoms with Crippen LogP contribution in [0.1, 0.15) is 83.3 Å². The van der Waals surface area contributed by atoms with Gasteiger partial charge < -0.3 is 9.42 Å². The first-order valence-corrected chi connectivity index (χ1v) is 13.7. The molecule has 3 heterocycles. The predicted molar refractivity (Wildman–Crippen MR) is 129 cm³/mol. The third-order valence-electron chi connectivity index (χ3n) is 9.19. The van der Waals surface area contributed by atoms with Crippen molar-refractivity contribution in [2.24, 2.45) is 5.92 Å². The summed E-state index contributed by atoms with van der Waals surface area (Å²) < 4.78 is 49.0. The molecule has 202 valence electrons. The Balaban J connectivity index is 1.20. The number of carbonyl (C=O) groups is 1. The molecule has 0 aromatic carbocycles. The summed E-state index contributed by atoms with van der Waals surface area (Å²) in [5.41, 5.74) is -0.368. The van der Waals surface area contributed by atoms with Gasteiger partial charge in [-0.2, -0.15) is 4.98 Å². The van der Waals surface area contributed by atoms with E-state index in [1.54, 1.807) is 4.90 Å². The molecular weight excluding hydrogens is 471 g/mol. The standard InChI is InChI=1S/C26H40F3N5O2/c1-17(2)32-11-13-33(14-12-32)21-5-4-6-26(28,29)19(21)16-22(35)34-9-7-25(3,8-10-34)24-30-23(36-31-24)18-15-20(18)27/h17-21H,4-16H2,1-3H3/t18-,19-,20+,21+/m0/s1. The largest absolute Gasteiger partial charge is 0.343 e. The van der Waals surface area contributed by atoms with Crippen molar-refractivity contribution in [1.29, 1.82) is 0 Å². The van der Waals surface area contributed by atoms with Crippen molar-refractivity contribution in [3.8, 4) is 0 Å². The molecule has 1 aromatic rings. The second kappa shape index (κ2) is 9.89. The van der Waals surface area contributed by atoms with Crippen molar-refractivity contribution in [3.63, 3.8) is 0 Å². The van der Waals surface area contributed by atoms with E-state index in [-0.39, 0.29) is 36.1 Å². The number of hydrogen-bond acceptors (Lipinski definition) is 6. The van der Waals surface area contributed by atoms with Crippen molar-refractivity contribution >= 4 is 5.91 Å². The summed E-state index contributed by atoms with van der Waals surface area (Å²) in [6.45, 7) is 10.6. The Morgan fingerprint density at radius 3 is 2.39 bits per heavy atom. The van der Waals surface area contributed by atoms with Gasteiger partial charge in [-0.25, -0.2) is 13.2 Å². The first kappa shape index (κ1) is 25.9. The van der Waals surface area contributed by atoms with Crippen LogP contribution in [0.2, 0.25) is 0 Å². The van der Waals surface area contributed by atoms with E-state index in [1.807, 2.05) is 6.92 Å². The fraction of sp³-hybridized carbons (Fsp3) is 0.885. The summed E-state index contributed by atoms with van der Waals surface area (Å²) in [4.78, 5) is 24.1. The van der Waals surface area contributed by atoms with Gasteiger partial charge in [0.25, 0.3) is 5.92 Å². The van der Waals surface area contributed by atoms with Gasteiger partial charge in [0.05, 0.1) is 5.92 Å². The Morgan fingerprint density at radius 1 is 1.11 bits per heavy atom. The number of aromatic nitrogens is 2. The van der Waals surface area contributed by atoms with E-state index in [9.17, 15) is 9.18 Å². The van der Waals surface area contributed by atoms with Gasteiger partial charge >= 0.3 is 0 Å². The van der Waals surface area contributed by atoms with Crippen LogP contribution in [-0.2, 0) is 10.2 Å². The van der Waals surface area contributed by atoms with Crippen LogP contribution in [0.3, 0.4) is 0 Å². The summed E-state index contributed by atoms with van der Waals surface area (Å²) in [7, 11) is 0. The maximum Gasteiger partial charge on any atom is 0.252 e. The molecule has 0 radical (unpaired) electrons. The summed E-state index contributed by atoms with van der Waals surface area (Å²) in [6, 6.07) is 0.206. The normalized spacial score (nSPS) is 33.1. The van der Waals surface area contributed by atoms with Crippen LogP contribution in [0.4, 0.5) is 13.2 Å². The van der Waals surface area contributed by atoms with Gasteiger partial charge in [-0.3, -0.25) is 14.6 Å². The topological polar surface area (TPSA) is 65.7 Å². The van der Waals surface area contributed by atoms with Crippen molar-refractivity contribution in [2.75, 3.05) is 39.3 Å². The lowest BCUT2D eigenvalue weighted by Gasteiger charge is -2.47. The molecule has 2 aliphatic heterocycles. The molecular formula is C26H40F3N5O2. The quantitative estimate of drug-likeness (QED) is 0.576. The van der Waals surface area contributed by atoms with Gasteiger partial charge in [-0.1, -0.05) is 12.1 Å². The van der Waals surface area contributed by atoms with E-state index in [0.29, 0.717) is 56.5 Å². The molecule has 4 aliphatic rings. The smallest absolute Gasteiger partial charge is 0.252 e. The molecule has 36 heavy (non-hydrogen) atoms. The number of alkyl halides is 3. The molecule has 2 aliphatic carbocycles. The van der Waals surface area contributed by atoms with Crippen molar-refractivity contribution < 1.29 is 22.5 Å². The van der Waals surface area contributed by atoms with Crippen LogP contribution in [0.15, 0.2) is 4.52 Å². The number of hydrogen-bond donors (Lipinski definition) is 0. The molecule has 1 aromatic heterocycles. The lowest BCUT2D eigenvalue weighted by Crippen LogP contribution is -2.58. The molecule has 10 heteroatoms. The van der Waals surface area contributed by atoms with Gasteiger partial charge in [0.1, 0.15) is 6.17 Å². The lowest BCUT2D eigenvalue weighted by atomic mass is 9.77. The zero-order valence-corrected chi connectivity index (χ0v) is 21.8. The molecule has 7 nitrogen and oxygen atoms in total. The van der Waals surface area contributed by atoms with Gasteiger partial charge in [0, 0.05) is 75.5 Å². The second-order valence-corrected chi connectivity index (χ2v) is 12.0. The first-order chi connectivity index (χ1) is 17.1. The highest BCUT2D eigenvalue weighted by Gasteiger charge is 2.50. The average Bonchev–Trinajstić information content (AvgIpc) is 3.36. The van der Waals surface area contributed by atoms with Crippen LogP contribution < -0.4 is 0 Å². The number of piperazine rings is 1. The zero-order valence-electron chi connectivity index (χ0n) is 21.8. The number of likely N-dealkylation sites (tertiary alicyclic amines) is 1. The molecule has 4 fully saturated rings. The van der Waals surface area contributed by atoms with E-state index < -0.39 is 18.0 Å². The summed E-state index contributed by atoms with van der Waals surface area (Å²) >= 11 is 0. The first-order valence-electron chi connectivity index (χ1n) is 13.7. The highest BCUT2D eigenvalue weighted by molar-refractivity contribution is 5.76. The van der Waals surface area contributed by atoms with Crippen molar-refractivity contribution in [2.45, 2.75) is 101 Å². The zero-order chi connectivity index (χ0) is 25.7. The minimum absolute atomic E-state index is 0.106. The summed E-state index contributed by atoms with van der Waals surface area (Å²) in [5, 5.41) is 4.10. The highest BCUT2D eigenvalue weighted by Crippen LogP contribution is 2.45. The van der Waals surface area contributed by atoms with E-state index in [2.05, 4.69) is 33.8 Å². The fourth-order valence-corrected chi connectivity index (χ4v) is 6.36. The second-order valence-electron chi connectivity index (χ2n) is 12.0. The number of halogens is 3. The minimum atomic E-state index is -2.82. The predicted octanol–water partition coefficient (Wildman–Crippen LogP) is 4.00. The third kappa shape index (κ3) is 5.17. The maximum atomic E-state index is 15.2. The summed E-state index contributed by atoms with van der Waals surface area (Å²) in [5.74, 6) is -3.31. The molecule has 0 N–H and O–H groups in total. The molecule has 2 saturated carbocycles. The van der Waals surface area contributed by atoms with Crippen molar-refractivity contribution in [3.05, 3.63) is 11.7 Å². The van der Waals surface area contributed by atoms with Crippen LogP contribution in [-0.4, -0.2) is 94.2 Å². The van der Waals surface area contributed by atoms with Crippen LogP contribution >= 0.6 is 0 Å². The molecule has 4 atom stereocenters. The number of amides is 1. The van der Waals surface area contributed by atoms with Crippen LogP contribution in [0.5, 0.6) is 0 Å².